The van der Waals surface area contributed by atoms with Crippen LogP contribution in [0.5, 0.6) is 0 Å². The molecule has 2 aromatic heterocycles. The molecule has 1 saturated heterocycles. The third-order valence-electron chi connectivity index (χ3n) is 3.96. The van der Waals surface area contributed by atoms with Crippen LogP contribution >= 0.6 is 22.9 Å². The molecular formula is C16H17ClN6OS. The number of benzene rings is 1. The van der Waals surface area contributed by atoms with Gasteiger partial charge in [-0.3, -0.25) is 5.10 Å². The summed E-state index contributed by atoms with van der Waals surface area (Å²) in [4.78, 5) is 6.55. The number of hydrogen-bond acceptors (Lipinski definition) is 7. The number of aromatic nitrogens is 5. The minimum absolute atomic E-state index is 0.151. The number of nitrogens with one attached hydrogen (secondary N) is 1. The van der Waals surface area contributed by atoms with E-state index in [4.69, 9.17) is 16.3 Å². The number of nitrogens with zero attached hydrogens (tertiary/aromatic N) is 5. The fourth-order valence-electron chi connectivity index (χ4n) is 2.70. The molecule has 1 aromatic carbocycles. The second-order valence-electron chi connectivity index (χ2n) is 5.87. The molecule has 1 N–H and O–H groups in total. The minimum Gasteiger partial charge on any atom is -0.366 e. The smallest absolute Gasteiger partial charge is 0.208 e. The Bertz CT molecular complexity index is 848. The summed E-state index contributed by atoms with van der Waals surface area (Å²) in [7, 11) is 0. The highest BCUT2D eigenvalue weighted by Gasteiger charge is 2.27. The summed E-state index contributed by atoms with van der Waals surface area (Å²) in [6.07, 6.45) is 0.602. The molecule has 0 radical (unpaired) electrons. The van der Waals surface area contributed by atoms with Crippen molar-refractivity contribution in [2.24, 2.45) is 0 Å². The van der Waals surface area contributed by atoms with Crippen molar-refractivity contribution in [3.63, 3.8) is 0 Å². The van der Waals surface area contributed by atoms with Gasteiger partial charge in [-0.1, -0.05) is 35.1 Å². The molecule has 0 amide bonds. The number of aryl methyl sites for hydroxylation is 1. The highest BCUT2D eigenvalue weighted by atomic mass is 35.5. The average molecular weight is 377 g/mol. The Kier molecular flexibility index (Phi) is 4.65. The summed E-state index contributed by atoms with van der Waals surface area (Å²) in [6, 6.07) is 7.81. The summed E-state index contributed by atoms with van der Waals surface area (Å²) < 4.78 is 5.80. The van der Waals surface area contributed by atoms with Gasteiger partial charge >= 0.3 is 0 Å². The SMILES string of the molecule is Cc1nc(C2CN(c3nnc(Cc4ccc(Cl)cc4)s3)CCO2)n[nH]1. The molecule has 0 aliphatic carbocycles. The van der Waals surface area contributed by atoms with Crippen LogP contribution in [-0.2, 0) is 11.2 Å². The lowest BCUT2D eigenvalue weighted by Gasteiger charge is -2.30. The van der Waals surface area contributed by atoms with E-state index in [-0.39, 0.29) is 6.10 Å². The number of rotatable bonds is 4. The van der Waals surface area contributed by atoms with E-state index in [0.29, 0.717) is 19.0 Å². The third-order valence-corrected chi connectivity index (χ3v) is 5.20. The summed E-state index contributed by atoms with van der Waals surface area (Å²) in [5.41, 5.74) is 1.17. The normalized spacial score (nSPS) is 17.8. The number of ether oxygens (including phenoxy) is 1. The predicted octanol–water partition coefficient (Wildman–Crippen LogP) is 2.79. The Morgan fingerprint density at radius 1 is 1.32 bits per heavy atom. The first-order valence-electron chi connectivity index (χ1n) is 7.99. The van der Waals surface area contributed by atoms with Crippen molar-refractivity contribution in [2.75, 3.05) is 24.6 Å². The maximum Gasteiger partial charge on any atom is 0.208 e. The van der Waals surface area contributed by atoms with E-state index in [1.54, 1.807) is 11.3 Å². The second-order valence-corrected chi connectivity index (χ2v) is 7.34. The molecular weight excluding hydrogens is 360 g/mol. The third kappa shape index (κ3) is 3.81. The van der Waals surface area contributed by atoms with Crippen LogP contribution in [0, 0.1) is 6.92 Å². The number of halogens is 1. The first-order valence-corrected chi connectivity index (χ1v) is 9.19. The molecule has 0 saturated carbocycles. The molecule has 130 valence electrons. The van der Waals surface area contributed by atoms with E-state index in [0.717, 1.165) is 34.0 Å². The summed E-state index contributed by atoms with van der Waals surface area (Å²) >= 11 is 7.54. The fourth-order valence-corrected chi connectivity index (χ4v) is 3.74. The highest BCUT2D eigenvalue weighted by Crippen LogP contribution is 2.27. The van der Waals surface area contributed by atoms with Crippen LogP contribution in [0.2, 0.25) is 5.02 Å². The number of hydrogen-bond donors (Lipinski definition) is 1. The zero-order valence-corrected chi connectivity index (χ0v) is 15.2. The van der Waals surface area contributed by atoms with Gasteiger partial charge in [-0.25, -0.2) is 4.98 Å². The Labute approximate surface area is 154 Å². The number of morpholine rings is 1. The molecule has 1 atom stereocenters. The van der Waals surface area contributed by atoms with Crippen LogP contribution in [0.25, 0.3) is 0 Å². The van der Waals surface area contributed by atoms with Gasteiger partial charge in [-0.15, -0.1) is 10.2 Å². The van der Waals surface area contributed by atoms with Crippen LogP contribution < -0.4 is 4.90 Å². The zero-order valence-electron chi connectivity index (χ0n) is 13.6. The Morgan fingerprint density at radius 2 is 2.16 bits per heavy atom. The maximum absolute atomic E-state index is 5.93. The summed E-state index contributed by atoms with van der Waals surface area (Å²) in [6.45, 7) is 3.96. The molecule has 1 unspecified atom stereocenters. The number of aromatic amines is 1. The van der Waals surface area contributed by atoms with Crippen molar-refractivity contribution in [1.82, 2.24) is 25.4 Å². The first kappa shape index (κ1) is 16.4. The van der Waals surface area contributed by atoms with Gasteiger partial charge in [0.05, 0.1) is 13.2 Å². The van der Waals surface area contributed by atoms with E-state index in [9.17, 15) is 0 Å². The highest BCUT2D eigenvalue weighted by molar-refractivity contribution is 7.15. The van der Waals surface area contributed by atoms with Crippen LogP contribution in [-0.4, -0.2) is 45.1 Å². The minimum atomic E-state index is -0.151. The standard InChI is InChI=1S/C16H17ClN6OS/c1-10-18-15(21-19-10)13-9-23(6-7-24-13)16-22-20-14(25-16)8-11-2-4-12(17)5-3-11/h2-5,13H,6-9H2,1H3,(H,18,19,21). The van der Waals surface area contributed by atoms with Crippen molar-refractivity contribution < 1.29 is 4.74 Å². The largest absolute Gasteiger partial charge is 0.366 e. The van der Waals surface area contributed by atoms with Gasteiger partial charge in [0.2, 0.25) is 5.13 Å². The fraction of sp³-hybridized carbons (Fsp3) is 0.375. The van der Waals surface area contributed by atoms with E-state index in [1.165, 1.54) is 5.56 Å². The zero-order chi connectivity index (χ0) is 17.2. The van der Waals surface area contributed by atoms with E-state index < -0.39 is 0 Å². The van der Waals surface area contributed by atoms with E-state index in [1.807, 2.05) is 31.2 Å². The van der Waals surface area contributed by atoms with Crippen molar-refractivity contribution in [2.45, 2.75) is 19.4 Å². The lowest BCUT2D eigenvalue weighted by molar-refractivity contribution is 0.0342. The van der Waals surface area contributed by atoms with Gasteiger partial charge in [0.25, 0.3) is 0 Å². The number of anilines is 1. The van der Waals surface area contributed by atoms with E-state index >= 15 is 0 Å². The molecule has 1 aliphatic heterocycles. The van der Waals surface area contributed by atoms with Crippen LogP contribution in [0.1, 0.15) is 28.3 Å². The topological polar surface area (TPSA) is 79.8 Å². The Balaban J connectivity index is 1.45. The van der Waals surface area contributed by atoms with Gasteiger partial charge in [0.15, 0.2) is 5.82 Å². The molecule has 4 rings (SSSR count). The van der Waals surface area contributed by atoms with Gasteiger partial charge in [-0.2, -0.15) is 5.10 Å². The van der Waals surface area contributed by atoms with E-state index in [2.05, 4.69) is 30.3 Å². The molecule has 9 heteroatoms. The predicted molar refractivity (Wildman–Crippen MR) is 96.2 cm³/mol. The molecule has 0 bridgehead atoms. The quantitative estimate of drug-likeness (QED) is 0.754. The molecule has 0 spiro atoms. The second kappa shape index (κ2) is 7.07. The van der Waals surface area contributed by atoms with Gasteiger partial charge in [-0.05, 0) is 24.6 Å². The van der Waals surface area contributed by atoms with Crippen molar-refractivity contribution in [1.29, 1.82) is 0 Å². The molecule has 1 fully saturated rings. The average Bonchev–Trinajstić information content (AvgIpc) is 3.26. The molecule has 3 heterocycles. The molecule has 7 nitrogen and oxygen atoms in total. The number of H-pyrrole nitrogens is 1. The maximum atomic E-state index is 5.93. The van der Waals surface area contributed by atoms with Gasteiger partial charge in [0.1, 0.15) is 16.9 Å². The van der Waals surface area contributed by atoms with Crippen LogP contribution in [0.4, 0.5) is 5.13 Å². The lowest BCUT2D eigenvalue weighted by atomic mass is 10.2. The Hall–Kier alpha value is -2.03. The van der Waals surface area contributed by atoms with Crippen molar-refractivity contribution in [3.8, 4) is 0 Å². The van der Waals surface area contributed by atoms with Gasteiger partial charge < -0.3 is 9.64 Å². The molecule has 1 aliphatic rings. The molecule has 3 aromatic rings. The van der Waals surface area contributed by atoms with Gasteiger partial charge in [0, 0.05) is 18.0 Å². The molecule has 25 heavy (non-hydrogen) atoms. The van der Waals surface area contributed by atoms with Crippen LogP contribution in [0.3, 0.4) is 0 Å². The van der Waals surface area contributed by atoms with Crippen molar-refractivity contribution in [3.05, 3.63) is 51.5 Å². The monoisotopic (exact) mass is 376 g/mol. The first-order chi connectivity index (χ1) is 12.2. The Morgan fingerprint density at radius 3 is 2.92 bits per heavy atom. The summed E-state index contributed by atoms with van der Waals surface area (Å²) in [5.74, 6) is 1.48. The lowest BCUT2D eigenvalue weighted by Crippen LogP contribution is -2.38. The summed E-state index contributed by atoms with van der Waals surface area (Å²) in [5, 5.41) is 18.4. The van der Waals surface area contributed by atoms with Crippen molar-refractivity contribution >= 4 is 28.1 Å². The van der Waals surface area contributed by atoms with Crippen LogP contribution in [0.15, 0.2) is 24.3 Å².